The molecule has 0 atom stereocenters. The number of pyridine rings is 2. The fourth-order valence-electron chi connectivity index (χ4n) is 8.31. The van der Waals surface area contributed by atoms with Crippen molar-refractivity contribution in [3.63, 3.8) is 0 Å². The summed E-state index contributed by atoms with van der Waals surface area (Å²) < 4.78 is 16.9. The number of hydrogen-bond donors (Lipinski definition) is 0. The highest BCUT2D eigenvalue weighted by atomic mass is 16.3. The average Bonchev–Trinajstić information content (AvgIpc) is 3.94. The van der Waals surface area contributed by atoms with Crippen molar-refractivity contribution in [2.45, 2.75) is 0 Å². The number of benzene rings is 6. The molecule has 6 aromatic heterocycles. The van der Waals surface area contributed by atoms with Gasteiger partial charge in [0.1, 0.15) is 22.2 Å². The molecule has 6 aromatic carbocycles. The van der Waals surface area contributed by atoms with Gasteiger partial charge in [0.2, 0.25) is 0 Å². The standard InChI is InChI=1S/C46H26N4O2/c1-3-9-37-31(7-1)33-23-27(13-17-39(33)49(37)29-15-19-41-35(25-29)45-43(51-41)11-5-21-47-45)28-14-18-40-34(24-28)32-8-2-4-10-38(32)50(40)30-16-20-42-36(26-30)46-44(52-42)12-6-22-48-46/h1-26H. The summed E-state index contributed by atoms with van der Waals surface area (Å²) in [6, 6.07) is 51.5. The van der Waals surface area contributed by atoms with E-state index < -0.39 is 0 Å². The molecule has 12 aromatic rings. The van der Waals surface area contributed by atoms with Crippen molar-refractivity contribution in [1.29, 1.82) is 0 Å². The molecule has 0 amide bonds. The number of hydrogen-bond acceptors (Lipinski definition) is 4. The van der Waals surface area contributed by atoms with E-state index in [2.05, 4.69) is 140 Å². The van der Waals surface area contributed by atoms with Gasteiger partial charge in [-0.05, 0) is 108 Å². The Kier molecular flexibility index (Phi) is 5.41. The number of nitrogens with zero attached hydrogens (tertiary/aromatic N) is 4. The summed E-state index contributed by atoms with van der Waals surface area (Å²) in [5, 5.41) is 6.86. The molecule has 0 saturated heterocycles. The van der Waals surface area contributed by atoms with E-state index in [1.165, 1.54) is 32.7 Å². The largest absolute Gasteiger partial charge is 0.454 e. The summed E-state index contributed by atoms with van der Waals surface area (Å²) in [6.45, 7) is 0. The molecule has 0 N–H and O–H groups in total. The van der Waals surface area contributed by atoms with Gasteiger partial charge < -0.3 is 18.0 Å². The SMILES string of the molecule is c1cnc2c(c1)oc1ccc(-n3c4ccccc4c4cc(-c5ccc6c(c5)c5ccccc5n6-c5ccc6oc7cccnc7c6c5)ccc43)cc12. The lowest BCUT2D eigenvalue weighted by Gasteiger charge is -2.10. The molecule has 0 aliphatic carbocycles. The molecular formula is C46H26N4O2. The normalized spacial score (nSPS) is 12.2. The van der Waals surface area contributed by atoms with Crippen molar-refractivity contribution in [3.05, 3.63) is 158 Å². The minimum absolute atomic E-state index is 0.798. The summed E-state index contributed by atoms with van der Waals surface area (Å²) in [7, 11) is 0. The van der Waals surface area contributed by atoms with Crippen LogP contribution in [0.3, 0.4) is 0 Å². The van der Waals surface area contributed by atoms with Crippen LogP contribution in [0.5, 0.6) is 0 Å². The van der Waals surface area contributed by atoms with Crippen LogP contribution in [0, 0.1) is 0 Å². The molecule has 6 nitrogen and oxygen atoms in total. The van der Waals surface area contributed by atoms with Crippen LogP contribution in [0.2, 0.25) is 0 Å². The second kappa shape index (κ2) is 10.2. The Labute approximate surface area is 295 Å². The molecule has 0 radical (unpaired) electrons. The van der Waals surface area contributed by atoms with Crippen LogP contribution >= 0.6 is 0 Å². The molecule has 0 spiro atoms. The van der Waals surface area contributed by atoms with Crippen LogP contribution < -0.4 is 0 Å². The molecule has 0 aliphatic rings. The van der Waals surface area contributed by atoms with Crippen LogP contribution in [-0.4, -0.2) is 19.1 Å². The Morgan fingerprint density at radius 2 is 0.808 bits per heavy atom. The summed E-state index contributed by atoms with van der Waals surface area (Å²) >= 11 is 0. The van der Waals surface area contributed by atoms with Crippen LogP contribution in [0.1, 0.15) is 0 Å². The lowest BCUT2D eigenvalue weighted by atomic mass is 10.0. The lowest BCUT2D eigenvalue weighted by Crippen LogP contribution is -1.94. The predicted molar refractivity (Wildman–Crippen MR) is 211 cm³/mol. The molecule has 6 heterocycles. The zero-order chi connectivity index (χ0) is 33.9. The molecule has 0 unspecified atom stereocenters. The minimum atomic E-state index is 0.798. The highest BCUT2D eigenvalue weighted by Gasteiger charge is 2.18. The van der Waals surface area contributed by atoms with Gasteiger partial charge in [-0.1, -0.05) is 48.5 Å². The van der Waals surface area contributed by atoms with Gasteiger partial charge in [-0.2, -0.15) is 0 Å². The van der Waals surface area contributed by atoms with Gasteiger partial charge in [0.15, 0.2) is 11.2 Å². The van der Waals surface area contributed by atoms with Gasteiger partial charge in [0.25, 0.3) is 0 Å². The van der Waals surface area contributed by atoms with Crippen molar-refractivity contribution in [3.8, 4) is 22.5 Å². The molecular weight excluding hydrogens is 641 g/mol. The van der Waals surface area contributed by atoms with Gasteiger partial charge in [-0.15, -0.1) is 0 Å². The maximum atomic E-state index is 6.10. The quantitative estimate of drug-likeness (QED) is 0.188. The van der Waals surface area contributed by atoms with Crippen LogP contribution in [0.4, 0.5) is 0 Å². The average molecular weight is 667 g/mol. The first-order valence-electron chi connectivity index (χ1n) is 17.4. The van der Waals surface area contributed by atoms with E-state index in [-0.39, 0.29) is 0 Å². The van der Waals surface area contributed by atoms with Crippen molar-refractivity contribution >= 4 is 87.7 Å². The van der Waals surface area contributed by atoms with Gasteiger partial charge in [-0.3, -0.25) is 9.97 Å². The van der Waals surface area contributed by atoms with Crippen molar-refractivity contribution in [1.82, 2.24) is 19.1 Å². The minimum Gasteiger partial charge on any atom is -0.454 e. The Hall–Kier alpha value is -7.18. The second-order valence-electron chi connectivity index (χ2n) is 13.4. The molecule has 0 bridgehead atoms. The van der Waals surface area contributed by atoms with Gasteiger partial charge in [-0.25, -0.2) is 0 Å². The summed E-state index contributed by atoms with van der Waals surface area (Å²) in [6.07, 6.45) is 3.64. The van der Waals surface area contributed by atoms with Gasteiger partial charge in [0, 0.05) is 56.1 Å². The first kappa shape index (κ1) is 27.6. The van der Waals surface area contributed by atoms with Crippen LogP contribution in [0.15, 0.2) is 167 Å². The smallest absolute Gasteiger partial charge is 0.153 e. The first-order chi connectivity index (χ1) is 25.8. The van der Waals surface area contributed by atoms with E-state index in [1.54, 1.807) is 0 Å². The van der Waals surface area contributed by atoms with Crippen molar-refractivity contribution < 1.29 is 8.83 Å². The van der Waals surface area contributed by atoms with Crippen LogP contribution in [0.25, 0.3) is 110 Å². The number of para-hydroxylation sites is 2. The molecule has 12 rings (SSSR count). The molecule has 0 aliphatic heterocycles. The topological polar surface area (TPSA) is 61.9 Å². The monoisotopic (exact) mass is 666 g/mol. The highest BCUT2D eigenvalue weighted by Crippen LogP contribution is 2.40. The van der Waals surface area contributed by atoms with Crippen molar-refractivity contribution in [2.24, 2.45) is 0 Å². The van der Waals surface area contributed by atoms with Gasteiger partial charge >= 0.3 is 0 Å². The fourth-order valence-corrected chi connectivity index (χ4v) is 8.31. The summed E-state index contributed by atoms with van der Waals surface area (Å²) in [5.41, 5.74) is 14.2. The Balaban J connectivity index is 1.03. The second-order valence-corrected chi connectivity index (χ2v) is 13.4. The molecule has 6 heteroatoms. The molecule has 0 fully saturated rings. The molecule has 242 valence electrons. The maximum absolute atomic E-state index is 6.10. The Bertz CT molecular complexity index is 3200. The van der Waals surface area contributed by atoms with E-state index in [0.717, 1.165) is 77.6 Å². The third-order valence-corrected chi connectivity index (χ3v) is 10.6. The summed E-state index contributed by atoms with van der Waals surface area (Å²) in [4.78, 5) is 9.26. The lowest BCUT2D eigenvalue weighted by molar-refractivity contribution is 0.667. The Morgan fingerprint density at radius 3 is 1.31 bits per heavy atom. The maximum Gasteiger partial charge on any atom is 0.153 e. The fraction of sp³-hybridized carbons (Fsp3) is 0. The Morgan fingerprint density at radius 1 is 0.346 bits per heavy atom. The molecule has 0 saturated carbocycles. The highest BCUT2D eigenvalue weighted by molar-refractivity contribution is 6.13. The number of furan rings is 2. The number of fused-ring (bicyclic) bond motifs is 12. The third-order valence-electron chi connectivity index (χ3n) is 10.6. The third kappa shape index (κ3) is 3.78. The predicted octanol–water partition coefficient (Wildman–Crippen LogP) is 12.1. The van der Waals surface area contributed by atoms with E-state index in [0.29, 0.717) is 0 Å². The van der Waals surface area contributed by atoms with E-state index in [4.69, 9.17) is 8.83 Å². The summed E-state index contributed by atoms with van der Waals surface area (Å²) in [5.74, 6) is 0. The zero-order valence-corrected chi connectivity index (χ0v) is 27.6. The van der Waals surface area contributed by atoms with Crippen LogP contribution in [-0.2, 0) is 0 Å². The van der Waals surface area contributed by atoms with E-state index in [9.17, 15) is 0 Å². The molecule has 52 heavy (non-hydrogen) atoms. The first-order valence-corrected chi connectivity index (χ1v) is 17.4. The van der Waals surface area contributed by atoms with E-state index >= 15 is 0 Å². The number of aromatic nitrogens is 4. The van der Waals surface area contributed by atoms with E-state index in [1.807, 2.05) is 36.7 Å². The number of rotatable bonds is 3. The van der Waals surface area contributed by atoms with Gasteiger partial charge in [0.05, 0.1) is 22.1 Å². The zero-order valence-electron chi connectivity index (χ0n) is 27.6. The van der Waals surface area contributed by atoms with Crippen molar-refractivity contribution in [2.75, 3.05) is 0 Å².